The van der Waals surface area contributed by atoms with Gasteiger partial charge < -0.3 is 15.3 Å². The van der Waals surface area contributed by atoms with Crippen molar-refractivity contribution >= 4 is 17.3 Å². The number of carbonyl (C=O) groups is 1. The van der Waals surface area contributed by atoms with E-state index in [1.807, 2.05) is 11.9 Å². The molecule has 1 rings (SSSR count). The molecule has 0 aliphatic rings. The Balaban J connectivity index is 2.69. The minimum atomic E-state index is -1.90. The zero-order valence-corrected chi connectivity index (χ0v) is 10.9. The molecule has 0 saturated heterocycles. The highest BCUT2D eigenvalue weighted by Gasteiger charge is 2.26. The Labute approximate surface area is 106 Å². The van der Waals surface area contributed by atoms with Crippen LogP contribution in [0.25, 0.3) is 0 Å². The molecule has 0 aromatic heterocycles. The number of nitrogens with one attached hydrogen (secondary N) is 1. The van der Waals surface area contributed by atoms with Crippen molar-refractivity contribution in [2.45, 2.75) is 19.5 Å². The number of halogens is 1. The van der Waals surface area contributed by atoms with E-state index in [0.717, 1.165) is 5.69 Å². The normalized spacial score (nSPS) is 11.2. The van der Waals surface area contributed by atoms with Crippen molar-refractivity contribution in [1.82, 2.24) is 0 Å². The van der Waals surface area contributed by atoms with Gasteiger partial charge in [0.05, 0.1) is 6.61 Å². The van der Waals surface area contributed by atoms with E-state index in [1.165, 1.54) is 13.8 Å². The summed E-state index contributed by atoms with van der Waals surface area (Å²) in [7, 11) is 1.86. The lowest BCUT2D eigenvalue weighted by Gasteiger charge is -2.19. The highest BCUT2D eigenvalue weighted by molar-refractivity contribution is 5.96. The van der Waals surface area contributed by atoms with E-state index in [4.69, 9.17) is 5.11 Å². The first-order valence-corrected chi connectivity index (χ1v) is 5.77. The third-order valence-corrected chi connectivity index (χ3v) is 2.54. The number of hydrogen-bond donors (Lipinski definition) is 2. The lowest BCUT2D eigenvalue weighted by molar-refractivity contribution is -0.125. The molecule has 0 radical (unpaired) electrons. The molecule has 5 heteroatoms. The van der Waals surface area contributed by atoms with Gasteiger partial charge in [0, 0.05) is 25.0 Å². The van der Waals surface area contributed by atoms with Crippen LogP contribution in [-0.4, -0.2) is 36.9 Å². The molecule has 100 valence electrons. The van der Waals surface area contributed by atoms with Gasteiger partial charge in [-0.2, -0.15) is 0 Å². The van der Waals surface area contributed by atoms with E-state index in [9.17, 15) is 9.18 Å². The molecule has 1 aromatic rings. The maximum atomic E-state index is 13.3. The summed E-state index contributed by atoms with van der Waals surface area (Å²) >= 11 is 0. The second-order valence-electron chi connectivity index (χ2n) is 4.62. The SMILES string of the molecule is CN(CCO)c1ccc(NC(=O)C(C)(C)F)cc1. The molecule has 0 unspecified atom stereocenters. The van der Waals surface area contributed by atoms with Crippen LogP contribution >= 0.6 is 0 Å². The molecule has 0 atom stereocenters. The van der Waals surface area contributed by atoms with Gasteiger partial charge in [-0.05, 0) is 38.1 Å². The molecule has 0 aliphatic heterocycles. The lowest BCUT2D eigenvalue weighted by Crippen LogP contribution is -2.32. The average Bonchev–Trinajstić information content (AvgIpc) is 2.29. The number of alkyl halides is 1. The van der Waals surface area contributed by atoms with Crippen LogP contribution in [0.1, 0.15) is 13.8 Å². The van der Waals surface area contributed by atoms with E-state index in [2.05, 4.69) is 5.32 Å². The molecule has 4 nitrogen and oxygen atoms in total. The van der Waals surface area contributed by atoms with Gasteiger partial charge >= 0.3 is 0 Å². The Morgan fingerprint density at radius 2 is 1.94 bits per heavy atom. The minimum Gasteiger partial charge on any atom is -0.395 e. The Hall–Kier alpha value is -1.62. The average molecular weight is 254 g/mol. The van der Waals surface area contributed by atoms with Gasteiger partial charge in [-0.25, -0.2) is 4.39 Å². The number of anilines is 2. The first-order chi connectivity index (χ1) is 8.34. The topological polar surface area (TPSA) is 52.6 Å². The van der Waals surface area contributed by atoms with Crippen molar-refractivity contribution in [3.05, 3.63) is 24.3 Å². The Bertz CT molecular complexity index is 398. The second kappa shape index (κ2) is 5.82. The van der Waals surface area contributed by atoms with Gasteiger partial charge in [-0.15, -0.1) is 0 Å². The summed E-state index contributed by atoms with van der Waals surface area (Å²) in [6.45, 7) is 3.03. The predicted octanol–water partition coefficient (Wildman–Crippen LogP) is 1.80. The van der Waals surface area contributed by atoms with Crippen LogP contribution in [0.3, 0.4) is 0 Å². The van der Waals surface area contributed by atoms with Crippen LogP contribution in [0, 0.1) is 0 Å². The number of aliphatic hydroxyl groups is 1. The Kier molecular flexibility index (Phi) is 4.67. The molecule has 0 bridgehead atoms. The molecule has 0 heterocycles. The number of nitrogens with zero attached hydrogens (tertiary/aromatic N) is 1. The first-order valence-electron chi connectivity index (χ1n) is 5.77. The number of hydrogen-bond acceptors (Lipinski definition) is 3. The van der Waals surface area contributed by atoms with Crippen molar-refractivity contribution in [3.63, 3.8) is 0 Å². The molecular formula is C13H19FN2O2. The van der Waals surface area contributed by atoms with Crippen LogP contribution in [0.15, 0.2) is 24.3 Å². The molecule has 0 spiro atoms. The Morgan fingerprint density at radius 3 is 2.39 bits per heavy atom. The van der Waals surface area contributed by atoms with Crippen molar-refractivity contribution < 1.29 is 14.3 Å². The molecule has 2 N–H and O–H groups in total. The third kappa shape index (κ3) is 4.00. The summed E-state index contributed by atoms with van der Waals surface area (Å²) in [5.74, 6) is -0.668. The monoisotopic (exact) mass is 254 g/mol. The third-order valence-electron chi connectivity index (χ3n) is 2.54. The molecule has 1 aromatic carbocycles. The number of rotatable bonds is 5. The number of aliphatic hydroxyl groups excluding tert-OH is 1. The summed E-state index contributed by atoms with van der Waals surface area (Å²) in [6, 6.07) is 7.01. The molecule has 1 amide bonds. The number of benzene rings is 1. The van der Waals surface area contributed by atoms with Crippen LogP contribution in [-0.2, 0) is 4.79 Å². The van der Waals surface area contributed by atoms with Gasteiger partial charge in [0.25, 0.3) is 5.91 Å². The van der Waals surface area contributed by atoms with Gasteiger partial charge in [0.1, 0.15) is 0 Å². The number of amides is 1. The number of carbonyl (C=O) groups excluding carboxylic acids is 1. The standard InChI is InChI=1S/C13H19FN2O2/c1-13(2,14)12(18)15-10-4-6-11(7-5-10)16(3)8-9-17/h4-7,17H,8-9H2,1-3H3,(H,15,18). The van der Waals surface area contributed by atoms with Crippen molar-refractivity contribution in [1.29, 1.82) is 0 Å². The zero-order valence-electron chi connectivity index (χ0n) is 10.9. The molecule has 18 heavy (non-hydrogen) atoms. The largest absolute Gasteiger partial charge is 0.395 e. The van der Waals surface area contributed by atoms with Gasteiger partial charge in [-0.1, -0.05) is 0 Å². The first kappa shape index (κ1) is 14.4. The summed E-state index contributed by atoms with van der Waals surface area (Å²) in [4.78, 5) is 13.3. The highest BCUT2D eigenvalue weighted by atomic mass is 19.1. The Morgan fingerprint density at radius 1 is 1.39 bits per heavy atom. The van der Waals surface area contributed by atoms with Crippen molar-refractivity contribution in [3.8, 4) is 0 Å². The van der Waals surface area contributed by atoms with Gasteiger partial charge in [0.2, 0.25) is 0 Å². The second-order valence-corrected chi connectivity index (χ2v) is 4.62. The quantitative estimate of drug-likeness (QED) is 0.842. The predicted molar refractivity (Wildman–Crippen MR) is 70.6 cm³/mol. The van der Waals surface area contributed by atoms with Gasteiger partial charge in [-0.3, -0.25) is 4.79 Å². The van der Waals surface area contributed by atoms with Crippen LogP contribution in [0.2, 0.25) is 0 Å². The van der Waals surface area contributed by atoms with Crippen molar-refractivity contribution in [2.24, 2.45) is 0 Å². The van der Waals surface area contributed by atoms with Gasteiger partial charge in [0.15, 0.2) is 5.67 Å². The minimum absolute atomic E-state index is 0.0744. The fourth-order valence-electron chi connectivity index (χ4n) is 1.36. The van der Waals surface area contributed by atoms with Crippen LogP contribution in [0.5, 0.6) is 0 Å². The van der Waals surface area contributed by atoms with E-state index in [-0.39, 0.29) is 6.61 Å². The van der Waals surface area contributed by atoms with E-state index in [0.29, 0.717) is 12.2 Å². The van der Waals surface area contributed by atoms with Crippen LogP contribution in [0.4, 0.5) is 15.8 Å². The van der Waals surface area contributed by atoms with Crippen LogP contribution < -0.4 is 10.2 Å². The van der Waals surface area contributed by atoms with Crippen molar-refractivity contribution in [2.75, 3.05) is 30.4 Å². The summed E-state index contributed by atoms with van der Waals surface area (Å²) < 4.78 is 13.3. The summed E-state index contributed by atoms with van der Waals surface area (Å²) in [5, 5.41) is 11.3. The maximum Gasteiger partial charge on any atom is 0.261 e. The number of likely N-dealkylation sites (N-methyl/N-ethyl adjacent to an activating group) is 1. The van der Waals surface area contributed by atoms with E-state index >= 15 is 0 Å². The van der Waals surface area contributed by atoms with E-state index in [1.54, 1.807) is 24.3 Å². The molecule has 0 aliphatic carbocycles. The summed E-state index contributed by atoms with van der Waals surface area (Å²) in [6.07, 6.45) is 0. The molecule has 0 saturated carbocycles. The fraction of sp³-hybridized carbons (Fsp3) is 0.462. The highest BCUT2D eigenvalue weighted by Crippen LogP contribution is 2.18. The summed E-state index contributed by atoms with van der Waals surface area (Å²) in [5.41, 5.74) is -0.430. The fourth-order valence-corrected chi connectivity index (χ4v) is 1.36. The van der Waals surface area contributed by atoms with E-state index < -0.39 is 11.6 Å². The smallest absolute Gasteiger partial charge is 0.261 e. The molecule has 0 fully saturated rings. The zero-order chi connectivity index (χ0) is 13.8. The lowest BCUT2D eigenvalue weighted by atomic mass is 10.1. The maximum absolute atomic E-state index is 13.3. The molecular weight excluding hydrogens is 235 g/mol.